The highest BCUT2D eigenvalue weighted by Crippen LogP contribution is 2.24. The van der Waals surface area contributed by atoms with Crippen molar-refractivity contribution in [3.63, 3.8) is 0 Å². The van der Waals surface area contributed by atoms with Gasteiger partial charge in [0.05, 0.1) is 27.9 Å². The number of aryl methyl sites for hydroxylation is 2. The lowest BCUT2D eigenvalue weighted by atomic mass is 10.2. The Labute approximate surface area is 176 Å². The van der Waals surface area contributed by atoms with Crippen molar-refractivity contribution in [2.24, 2.45) is 0 Å². The molecule has 0 aliphatic rings. The van der Waals surface area contributed by atoms with Crippen LogP contribution in [-0.4, -0.2) is 20.7 Å². The van der Waals surface area contributed by atoms with Gasteiger partial charge in [-0.25, -0.2) is 9.78 Å². The summed E-state index contributed by atoms with van der Waals surface area (Å²) in [5, 5.41) is 3.87. The van der Waals surface area contributed by atoms with Crippen LogP contribution in [0.3, 0.4) is 0 Å². The topological polar surface area (TPSA) is 79.4 Å². The molecule has 2 aromatic heterocycles. The largest absolute Gasteiger partial charge is 0.489 e. The minimum absolute atomic E-state index is 0.0241. The summed E-state index contributed by atoms with van der Waals surface area (Å²) in [5.41, 5.74) is 2.58. The Morgan fingerprint density at radius 1 is 1.10 bits per heavy atom. The van der Waals surface area contributed by atoms with E-state index in [9.17, 15) is 13.6 Å². The van der Waals surface area contributed by atoms with Crippen LogP contribution in [0.2, 0.25) is 0 Å². The number of carbonyl (C=O) groups excluding carboxylic acids is 1. The first kappa shape index (κ1) is 20.5. The monoisotopic (exact) mass is 427 g/mol. The lowest BCUT2D eigenvalue weighted by Crippen LogP contribution is -2.10. The van der Waals surface area contributed by atoms with Gasteiger partial charge in [-0.15, -0.1) is 0 Å². The van der Waals surface area contributed by atoms with Crippen molar-refractivity contribution in [1.29, 1.82) is 0 Å². The van der Waals surface area contributed by atoms with Gasteiger partial charge in [0, 0.05) is 0 Å². The summed E-state index contributed by atoms with van der Waals surface area (Å²) >= 11 is 0. The summed E-state index contributed by atoms with van der Waals surface area (Å²) in [4.78, 5) is 16.5. The van der Waals surface area contributed by atoms with Crippen LogP contribution >= 0.6 is 0 Å². The Kier molecular flexibility index (Phi) is 5.66. The highest BCUT2D eigenvalue weighted by molar-refractivity contribution is 5.89. The first-order chi connectivity index (χ1) is 14.9. The first-order valence-corrected chi connectivity index (χ1v) is 9.49. The lowest BCUT2D eigenvalue weighted by Gasteiger charge is -2.09. The number of halogens is 2. The molecular weight excluding hydrogens is 408 g/mol. The quantitative estimate of drug-likeness (QED) is 0.388. The summed E-state index contributed by atoms with van der Waals surface area (Å²) in [6.45, 7) is 0.753. The number of esters is 1. The van der Waals surface area contributed by atoms with Crippen LogP contribution in [0.15, 0.2) is 53.1 Å². The molecule has 160 valence electrons. The molecular formula is C22H19F2N3O4. The predicted octanol–water partition coefficient (Wildman–Crippen LogP) is 4.97. The Morgan fingerprint density at radius 3 is 2.52 bits per heavy atom. The fraction of sp³-hybridized carbons (Fsp3) is 0.227. The second-order valence-corrected chi connectivity index (χ2v) is 6.86. The molecule has 0 aliphatic heterocycles. The number of para-hydroxylation sites is 2. The smallest absolute Gasteiger partial charge is 0.338 e. The normalized spacial score (nSPS) is 11.3. The lowest BCUT2D eigenvalue weighted by molar-refractivity contribution is 0.0387. The van der Waals surface area contributed by atoms with Gasteiger partial charge in [0.1, 0.15) is 24.7 Å². The standard InChI is InChI=1S/C22H19F2N3O4/c1-13-17(14(2)31-26-13)11-29-16-9-7-15(8-10-16)21(28)30-12-20-25-18-5-3-4-6-19(18)27(20)22(23)24/h3-10,22H,11-12H2,1-2H3. The number of fused-ring (bicyclic) bond motifs is 1. The second kappa shape index (κ2) is 8.55. The highest BCUT2D eigenvalue weighted by Gasteiger charge is 2.19. The molecule has 0 unspecified atom stereocenters. The molecule has 0 atom stereocenters. The zero-order valence-electron chi connectivity index (χ0n) is 16.8. The molecule has 4 aromatic rings. The van der Waals surface area contributed by atoms with E-state index >= 15 is 0 Å². The molecule has 0 fully saturated rings. The van der Waals surface area contributed by atoms with Crippen LogP contribution in [0.5, 0.6) is 5.75 Å². The summed E-state index contributed by atoms with van der Waals surface area (Å²) in [6.07, 6.45) is 0. The number of hydrogen-bond acceptors (Lipinski definition) is 6. The van der Waals surface area contributed by atoms with E-state index in [4.69, 9.17) is 14.0 Å². The molecule has 7 nitrogen and oxygen atoms in total. The minimum atomic E-state index is -2.80. The van der Waals surface area contributed by atoms with Crippen molar-refractivity contribution in [2.75, 3.05) is 0 Å². The van der Waals surface area contributed by atoms with Crippen molar-refractivity contribution in [3.8, 4) is 5.75 Å². The molecule has 9 heteroatoms. The second-order valence-electron chi connectivity index (χ2n) is 6.86. The maximum atomic E-state index is 13.5. The van der Waals surface area contributed by atoms with E-state index in [0.717, 1.165) is 15.8 Å². The zero-order valence-corrected chi connectivity index (χ0v) is 16.8. The van der Waals surface area contributed by atoms with Gasteiger partial charge in [-0.2, -0.15) is 8.78 Å². The Balaban J connectivity index is 1.40. The molecule has 2 aromatic carbocycles. The number of ether oxygens (including phenoxy) is 2. The predicted molar refractivity (Wildman–Crippen MR) is 107 cm³/mol. The molecule has 0 spiro atoms. The van der Waals surface area contributed by atoms with Crippen molar-refractivity contribution in [3.05, 3.63) is 76.9 Å². The van der Waals surface area contributed by atoms with Gasteiger partial charge in [0.25, 0.3) is 0 Å². The van der Waals surface area contributed by atoms with Gasteiger partial charge >= 0.3 is 12.5 Å². The van der Waals surface area contributed by atoms with Crippen molar-refractivity contribution in [2.45, 2.75) is 33.6 Å². The van der Waals surface area contributed by atoms with Crippen molar-refractivity contribution in [1.82, 2.24) is 14.7 Å². The maximum absolute atomic E-state index is 13.5. The summed E-state index contributed by atoms with van der Waals surface area (Å²) in [6, 6.07) is 12.9. The van der Waals surface area contributed by atoms with Crippen LogP contribution < -0.4 is 4.74 Å². The van der Waals surface area contributed by atoms with E-state index in [1.165, 1.54) is 0 Å². The molecule has 0 radical (unpaired) electrons. The summed E-state index contributed by atoms with van der Waals surface area (Å²) in [5.74, 6) is 0.567. The molecule has 0 N–H and O–H groups in total. The Morgan fingerprint density at radius 2 is 1.84 bits per heavy atom. The van der Waals surface area contributed by atoms with Crippen LogP contribution in [-0.2, 0) is 18.0 Å². The van der Waals surface area contributed by atoms with E-state index in [1.54, 1.807) is 55.5 Å². The van der Waals surface area contributed by atoms with Crippen molar-refractivity contribution >= 4 is 17.0 Å². The Hall–Kier alpha value is -3.75. The van der Waals surface area contributed by atoms with Gasteiger partial charge in [-0.3, -0.25) is 4.57 Å². The van der Waals surface area contributed by atoms with E-state index in [1.807, 2.05) is 6.92 Å². The van der Waals surface area contributed by atoms with Gasteiger partial charge in [0.15, 0.2) is 5.82 Å². The third-order valence-electron chi connectivity index (χ3n) is 4.85. The molecule has 2 heterocycles. The molecule has 0 amide bonds. The Bertz CT molecular complexity index is 1200. The number of rotatable bonds is 7. The molecule has 0 saturated heterocycles. The fourth-order valence-corrected chi connectivity index (χ4v) is 3.18. The number of hydrogen-bond donors (Lipinski definition) is 0. The number of aromatic nitrogens is 3. The number of benzene rings is 2. The maximum Gasteiger partial charge on any atom is 0.338 e. The zero-order chi connectivity index (χ0) is 22.0. The minimum Gasteiger partial charge on any atom is -0.489 e. The molecule has 0 saturated carbocycles. The SMILES string of the molecule is Cc1noc(C)c1COc1ccc(C(=O)OCc2nc3ccccc3n2C(F)F)cc1. The van der Waals surface area contributed by atoms with Crippen LogP contribution in [0.25, 0.3) is 11.0 Å². The fourth-order valence-electron chi connectivity index (χ4n) is 3.18. The van der Waals surface area contributed by atoms with E-state index in [2.05, 4.69) is 10.1 Å². The van der Waals surface area contributed by atoms with Gasteiger partial charge in [-0.1, -0.05) is 17.3 Å². The average Bonchev–Trinajstić information content (AvgIpc) is 3.30. The molecule has 0 aliphatic carbocycles. The van der Waals surface area contributed by atoms with Gasteiger partial charge in [-0.05, 0) is 50.2 Å². The van der Waals surface area contributed by atoms with Crippen molar-refractivity contribution < 1.29 is 27.6 Å². The molecule has 31 heavy (non-hydrogen) atoms. The van der Waals surface area contributed by atoms with Gasteiger partial charge in [0.2, 0.25) is 0 Å². The summed E-state index contributed by atoms with van der Waals surface area (Å²) in [7, 11) is 0. The summed E-state index contributed by atoms with van der Waals surface area (Å²) < 4.78 is 43.7. The van der Waals surface area contributed by atoms with Gasteiger partial charge < -0.3 is 14.0 Å². The number of imidazole rings is 1. The molecule has 0 bridgehead atoms. The van der Waals surface area contributed by atoms with Crippen LogP contribution in [0.4, 0.5) is 8.78 Å². The number of alkyl halides is 2. The first-order valence-electron chi connectivity index (χ1n) is 9.49. The number of nitrogens with zero attached hydrogens (tertiary/aromatic N) is 3. The highest BCUT2D eigenvalue weighted by atomic mass is 19.3. The van der Waals surface area contributed by atoms with Crippen LogP contribution in [0, 0.1) is 13.8 Å². The third-order valence-corrected chi connectivity index (χ3v) is 4.85. The molecule has 4 rings (SSSR count). The van der Waals surface area contributed by atoms with Crippen LogP contribution in [0.1, 0.15) is 39.7 Å². The average molecular weight is 427 g/mol. The van der Waals surface area contributed by atoms with E-state index in [-0.39, 0.29) is 30.1 Å². The third kappa shape index (κ3) is 4.25. The van der Waals surface area contributed by atoms with E-state index in [0.29, 0.717) is 17.0 Å². The van der Waals surface area contributed by atoms with E-state index < -0.39 is 12.5 Å². The number of carbonyl (C=O) groups is 1.